The lowest BCUT2D eigenvalue weighted by Gasteiger charge is -2.20. The molecule has 0 unspecified atom stereocenters. The van der Waals surface area contributed by atoms with Gasteiger partial charge in [-0.05, 0) is 54.6 Å². The van der Waals surface area contributed by atoms with Gasteiger partial charge in [0, 0.05) is 21.7 Å². The summed E-state index contributed by atoms with van der Waals surface area (Å²) >= 11 is 6.21. The van der Waals surface area contributed by atoms with E-state index in [0.717, 1.165) is 19.2 Å². The van der Waals surface area contributed by atoms with E-state index in [1.807, 2.05) is 6.07 Å². The summed E-state index contributed by atoms with van der Waals surface area (Å²) in [7, 11) is 1.14. The average molecular weight is 481 g/mol. The first-order valence-electron chi connectivity index (χ1n) is 10.1. The summed E-state index contributed by atoms with van der Waals surface area (Å²) < 4.78 is 24.8. The van der Waals surface area contributed by atoms with Gasteiger partial charge < -0.3 is 14.8 Å². The SMILES string of the molecule is COC(=O)Oc1c(CNC(=O)c2ccc(F)cc2)c(=O)c2ccc(Cl)cc2n1-c1ccccc1. The van der Waals surface area contributed by atoms with Gasteiger partial charge in [-0.1, -0.05) is 29.8 Å². The zero-order valence-corrected chi connectivity index (χ0v) is 18.6. The fraction of sp³-hybridized carbons (Fsp3) is 0.0800. The Morgan fingerprint density at radius 3 is 2.41 bits per heavy atom. The van der Waals surface area contributed by atoms with Crippen LogP contribution in [-0.2, 0) is 11.3 Å². The molecule has 1 heterocycles. The Hall–Kier alpha value is -4.17. The van der Waals surface area contributed by atoms with Crippen molar-refractivity contribution in [3.63, 3.8) is 0 Å². The van der Waals surface area contributed by atoms with E-state index in [9.17, 15) is 18.8 Å². The molecule has 4 aromatic rings. The summed E-state index contributed by atoms with van der Waals surface area (Å²) in [6, 6.07) is 18.6. The summed E-state index contributed by atoms with van der Waals surface area (Å²) in [5, 5.41) is 3.30. The van der Waals surface area contributed by atoms with E-state index >= 15 is 0 Å². The number of carbonyl (C=O) groups is 2. The number of hydrogen-bond donors (Lipinski definition) is 1. The van der Waals surface area contributed by atoms with E-state index in [1.165, 1.54) is 12.1 Å². The number of pyridine rings is 1. The molecule has 7 nitrogen and oxygen atoms in total. The van der Waals surface area contributed by atoms with Crippen LogP contribution in [0.1, 0.15) is 15.9 Å². The molecular formula is C25H18ClFN2O5. The highest BCUT2D eigenvalue weighted by atomic mass is 35.5. The lowest BCUT2D eigenvalue weighted by Crippen LogP contribution is -2.29. The third-order valence-electron chi connectivity index (χ3n) is 5.07. The van der Waals surface area contributed by atoms with E-state index in [0.29, 0.717) is 21.6 Å². The van der Waals surface area contributed by atoms with Crippen LogP contribution < -0.4 is 15.5 Å². The topological polar surface area (TPSA) is 86.6 Å². The van der Waals surface area contributed by atoms with Gasteiger partial charge in [0.15, 0.2) is 5.43 Å². The maximum Gasteiger partial charge on any atom is 0.514 e. The molecular weight excluding hydrogens is 463 g/mol. The number of nitrogens with one attached hydrogen (secondary N) is 1. The number of para-hydroxylation sites is 1. The zero-order valence-electron chi connectivity index (χ0n) is 17.9. The molecule has 0 saturated heterocycles. The molecule has 0 saturated carbocycles. The van der Waals surface area contributed by atoms with E-state index in [2.05, 4.69) is 10.1 Å². The zero-order chi connectivity index (χ0) is 24.2. The molecule has 3 aromatic carbocycles. The molecule has 9 heteroatoms. The molecule has 1 aromatic heterocycles. The number of ether oxygens (including phenoxy) is 2. The monoisotopic (exact) mass is 480 g/mol. The number of rotatable bonds is 5. The number of methoxy groups -OCH3 is 1. The number of nitrogens with zero attached hydrogens (tertiary/aromatic N) is 1. The minimum Gasteiger partial charge on any atom is -0.437 e. The molecule has 0 fully saturated rings. The molecule has 0 bridgehead atoms. The second-order valence-corrected chi connectivity index (χ2v) is 7.63. The van der Waals surface area contributed by atoms with Gasteiger partial charge in [-0.25, -0.2) is 9.18 Å². The van der Waals surface area contributed by atoms with Crippen LogP contribution >= 0.6 is 11.6 Å². The third-order valence-corrected chi connectivity index (χ3v) is 5.31. The van der Waals surface area contributed by atoms with Gasteiger partial charge in [0.05, 0.1) is 24.7 Å². The number of amides is 1. The lowest BCUT2D eigenvalue weighted by atomic mass is 10.1. The normalized spacial score (nSPS) is 10.7. The smallest absolute Gasteiger partial charge is 0.437 e. The van der Waals surface area contributed by atoms with Crippen molar-refractivity contribution >= 4 is 34.6 Å². The molecule has 0 spiro atoms. The Kier molecular flexibility index (Phi) is 6.60. The molecule has 34 heavy (non-hydrogen) atoms. The minimum absolute atomic E-state index is 0.0135. The van der Waals surface area contributed by atoms with E-state index in [1.54, 1.807) is 47.0 Å². The van der Waals surface area contributed by atoms with Crippen LogP contribution in [-0.4, -0.2) is 23.7 Å². The second-order valence-electron chi connectivity index (χ2n) is 7.19. The Labute approximate surface area is 198 Å². The first kappa shape index (κ1) is 23.0. The van der Waals surface area contributed by atoms with Crippen LogP contribution in [0.2, 0.25) is 5.02 Å². The Balaban J connectivity index is 1.90. The summed E-state index contributed by atoms with van der Waals surface area (Å²) in [6.07, 6.45) is -1.04. The molecule has 0 aliphatic carbocycles. The molecule has 0 aliphatic rings. The maximum atomic E-state index is 13.4. The van der Waals surface area contributed by atoms with Gasteiger partial charge in [-0.3, -0.25) is 14.2 Å². The van der Waals surface area contributed by atoms with Crippen LogP contribution in [0.3, 0.4) is 0 Å². The molecule has 0 aliphatic heterocycles. The van der Waals surface area contributed by atoms with Crippen molar-refractivity contribution in [2.45, 2.75) is 6.54 Å². The largest absolute Gasteiger partial charge is 0.514 e. The van der Waals surface area contributed by atoms with Crippen LogP contribution in [0.15, 0.2) is 77.6 Å². The number of fused-ring (bicyclic) bond motifs is 1. The quantitative estimate of drug-likeness (QED) is 0.412. The second kappa shape index (κ2) is 9.76. The fourth-order valence-corrected chi connectivity index (χ4v) is 3.64. The van der Waals surface area contributed by atoms with E-state index in [4.69, 9.17) is 16.3 Å². The van der Waals surface area contributed by atoms with E-state index < -0.39 is 23.3 Å². The Morgan fingerprint density at radius 1 is 1.03 bits per heavy atom. The first-order valence-corrected chi connectivity index (χ1v) is 10.5. The van der Waals surface area contributed by atoms with Gasteiger partial charge in [-0.15, -0.1) is 0 Å². The van der Waals surface area contributed by atoms with Crippen molar-refractivity contribution in [3.8, 4) is 11.6 Å². The average Bonchev–Trinajstić information content (AvgIpc) is 2.84. The molecule has 4 rings (SSSR count). The van der Waals surface area contributed by atoms with Gasteiger partial charge in [0.25, 0.3) is 5.91 Å². The van der Waals surface area contributed by atoms with Crippen LogP contribution in [0, 0.1) is 5.82 Å². The van der Waals surface area contributed by atoms with Crippen LogP contribution in [0.5, 0.6) is 5.88 Å². The van der Waals surface area contributed by atoms with Crippen molar-refractivity contribution in [1.82, 2.24) is 9.88 Å². The Morgan fingerprint density at radius 2 is 1.74 bits per heavy atom. The molecule has 0 radical (unpaired) electrons. The first-order chi connectivity index (χ1) is 16.4. The highest BCUT2D eigenvalue weighted by Crippen LogP contribution is 2.29. The Bertz CT molecular complexity index is 1440. The number of carbonyl (C=O) groups excluding carboxylic acids is 2. The highest BCUT2D eigenvalue weighted by molar-refractivity contribution is 6.31. The van der Waals surface area contributed by atoms with Crippen molar-refractivity contribution in [2.75, 3.05) is 7.11 Å². The van der Waals surface area contributed by atoms with Gasteiger partial charge in [0.2, 0.25) is 5.88 Å². The summed E-state index contributed by atoms with van der Waals surface area (Å²) in [5.74, 6) is -1.15. The summed E-state index contributed by atoms with van der Waals surface area (Å²) in [4.78, 5) is 38.1. The highest BCUT2D eigenvalue weighted by Gasteiger charge is 2.23. The molecule has 0 atom stereocenters. The number of benzene rings is 3. The minimum atomic E-state index is -1.04. The maximum absolute atomic E-state index is 13.4. The predicted molar refractivity (Wildman–Crippen MR) is 125 cm³/mol. The number of hydrogen-bond acceptors (Lipinski definition) is 5. The fourth-order valence-electron chi connectivity index (χ4n) is 3.47. The van der Waals surface area contributed by atoms with Crippen molar-refractivity contribution in [3.05, 3.63) is 105 Å². The standard InChI is InChI=1S/C25H18ClFN2O5/c1-33-25(32)34-24-20(14-28-23(31)15-7-10-17(27)11-8-15)22(30)19-12-9-16(26)13-21(19)29(24)18-5-3-2-4-6-18/h2-13H,14H2,1H3,(H,28,31). The summed E-state index contributed by atoms with van der Waals surface area (Å²) in [5.41, 5.74) is 0.737. The summed E-state index contributed by atoms with van der Waals surface area (Å²) in [6.45, 7) is -0.271. The number of halogens is 2. The predicted octanol–water partition coefficient (Wildman–Crippen LogP) is 4.86. The van der Waals surface area contributed by atoms with Gasteiger partial charge in [-0.2, -0.15) is 0 Å². The lowest BCUT2D eigenvalue weighted by molar-refractivity contribution is 0.0950. The van der Waals surface area contributed by atoms with Crippen LogP contribution in [0.25, 0.3) is 16.6 Å². The van der Waals surface area contributed by atoms with E-state index in [-0.39, 0.29) is 23.6 Å². The molecule has 172 valence electrons. The number of aromatic nitrogens is 1. The van der Waals surface area contributed by atoms with Crippen molar-refractivity contribution in [2.24, 2.45) is 0 Å². The van der Waals surface area contributed by atoms with Crippen molar-refractivity contribution < 1.29 is 23.5 Å². The third kappa shape index (κ3) is 4.62. The van der Waals surface area contributed by atoms with Gasteiger partial charge >= 0.3 is 6.16 Å². The van der Waals surface area contributed by atoms with Gasteiger partial charge in [0.1, 0.15) is 5.82 Å². The van der Waals surface area contributed by atoms with Crippen molar-refractivity contribution in [1.29, 1.82) is 0 Å². The molecule has 1 amide bonds. The van der Waals surface area contributed by atoms with Crippen LogP contribution in [0.4, 0.5) is 9.18 Å². The molecule has 1 N–H and O–H groups in total.